The molecule has 1 N–H and O–H groups in total. The van der Waals surface area contributed by atoms with Crippen LogP contribution in [0.5, 0.6) is 0 Å². The van der Waals surface area contributed by atoms with Crippen LogP contribution in [0.3, 0.4) is 0 Å². The molecular formula is C20H21N3OS. The van der Waals surface area contributed by atoms with Crippen molar-refractivity contribution >= 4 is 39.2 Å². The Balaban J connectivity index is 1.53. The molecule has 1 unspecified atom stereocenters. The smallest absolute Gasteiger partial charge is 0.244 e. The normalized spacial score (nSPS) is 12.4. The Bertz CT molecular complexity index is 840. The lowest BCUT2D eigenvalue weighted by Gasteiger charge is -2.27. The van der Waals surface area contributed by atoms with Crippen LogP contribution in [0.15, 0.2) is 60.7 Å². The van der Waals surface area contributed by atoms with Crippen molar-refractivity contribution in [2.24, 2.45) is 0 Å². The number of fused-ring (bicyclic) bond motifs is 1. The molecule has 0 fully saturated rings. The molecule has 0 aliphatic rings. The van der Waals surface area contributed by atoms with Gasteiger partial charge < -0.3 is 10.2 Å². The zero-order valence-corrected chi connectivity index (χ0v) is 15.2. The van der Waals surface area contributed by atoms with Crippen molar-refractivity contribution in [2.75, 3.05) is 18.5 Å². The number of para-hydroxylation sites is 2. The van der Waals surface area contributed by atoms with Crippen molar-refractivity contribution < 1.29 is 4.79 Å². The standard InChI is InChI=1S/C20H21N3OS/c1-15(23(2)16-8-4-3-5-9-16)14-21-19(24)12-13-20-22-17-10-6-7-11-18(17)25-20/h3-13,15H,14H2,1-2H3,(H,21,24)/b13-12+. The quantitative estimate of drug-likeness (QED) is 0.684. The number of likely N-dealkylation sites (N-methyl/N-ethyl adjacent to an activating group) is 1. The number of carbonyl (C=O) groups is 1. The highest BCUT2D eigenvalue weighted by atomic mass is 32.1. The van der Waals surface area contributed by atoms with Crippen LogP contribution in [0, 0.1) is 0 Å². The van der Waals surface area contributed by atoms with Crippen molar-refractivity contribution in [3.05, 3.63) is 65.7 Å². The number of benzene rings is 2. The highest BCUT2D eigenvalue weighted by Crippen LogP contribution is 2.22. The molecule has 3 rings (SSSR count). The SMILES string of the molecule is CC(CNC(=O)/C=C/c1nc2ccccc2s1)N(C)c1ccccc1. The van der Waals surface area contributed by atoms with Crippen molar-refractivity contribution in [1.82, 2.24) is 10.3 Å². The number of amides is 1. The average Bonchev–Trinajstić information content (AvgIpc) is 3.07. The van der Waals surface area contributed by atoms with Gasteiger partial charge in [-0.15, -0.1) is 11.3 Å². The maximum atomic E-state index is 12.1. The summed E-state index contributed by atoms with van der Waals surface area (Å²) in [7, 11) is 2.03. The number of rotatable bonds is 6. The van der Waals surface area contributed by atoms with Crippen molar-refractivity contribution in [2.45, 2.75) is 13.0 Å². The van der Waals surface area contributed by atoms with E-state index in [1.54, 1.807) is 23.5 Å². The van der Waals surface area contributed by atoms with Crippen molar-refractivity contribution in [1.29, 1.82) is 0 Å². The molecule has 0 aliphatic carbocycles. The summed E-state index contributed by atoms with van der Waals surface area (Å²) in [6.07, 6.45) is 3.32. The molecule has 25 heavy (non-hydrogen) atoms. The lowest BCUT2D eigenvalue weighted by molar-refractivity contribution is -0.116. The Hall–Kier alpha value is -2.66. The van der Waals surface area contributed by atoms with Crippen LogP contribution in [0.1, 0.15) is 11.9 Å². The van der Waals surface area contributed by atoms with Gasteiger partial charge in [0.1, 0.15) is 5.01 Å². The van der Waals surface area contributed by atoms with Crippen molar-refractivity contribution in [3.63, 3.8) is 0 Å². The minimum absolute atomic E-state index is 0.104. The lowest BCUT2D eigenvalue weighted by atomic mass is 10.2. The maximum Gasteiger partial charge on any atom is 0.244 e. The fourth-order valence-corrected chi connectivity index (χ4v) is 3.34. The predicted molar refractivity (Wildman–Crippen MR) is 106 cm³/mol. The fourth-order valence-electron chi connectivity index (χ4n) is 2.47. The van der Waals surface area contributed by atoms with E-state index in [9.17, 15) is 4.79 Å². The molecule has 1 amide bonds. The van der Waals surface area contributed by atoms with Gasteiger partial charge in [-0.05, 0) is 37.3 Å². The maximum absolute atomic E-state index is 12.1. The molecule has 0 saturated heterocycles. The summed E-state index contributed by atoms with van der Waals surface area (Å²) >= 11 is 1.58. The second-order valence-corrected chi connectivity index (χ2v) is 6.96. The largest absolute Gasteiger partial charge is 0.370 e. The first-order valence-corrected chi connectivity index (χ1v) is 9.04. The number of hydrogen-bond acceptors (Lipinski definition) is 4. The molecule has 128 valence electrons. The third-order valence-corrected chi connectivity index (χ3v) is 5.09. The van der Waals surface area contributed by atoms with Gasteiger partial charge in [0.15, 0.2) is 0 Å². The molecule has 0 bridgehead atoms. The summed E-state index contributed by atoms with van der Waals surface area (Å²) in [6.45, 7) is 2.67. The molecule has 4 nitrogen and oxygen atoms in total. The summed E-state index contributed by atoms with van der Waals surface area (Å²) < 4.78 is 1.13. The predicted octanol–water partition coefficient (Wildman–Crippen LogP) is 3.95. The van der Waals surface area contributed by atoms with Gasteiger partial charge in [0.2, 0.25) is 5.91 Å². The van der Waals surface area contributed by atoms with E-state index in [2.05, 4.69) is 34.3 Å². The molecule has 1 atom stereocenters. The minimum atomic E-state index is -0.104. The third-order valence-electron chi connectivity index (χ3n) is 4.08. The molecule has 2 aromatic carbocycles. The zero-order chi connectivity index (χ0) is 17.6. The van der Waals surface area contributed by atoms with Gasteiger partial charge in [-0.2, -0.15) is 0 Å². The summed E-state index contributed by atoms with van der Waals surface area (Å²) in [5.74, 6) is -0.104. The summed E-state index contributed by atoms with van der Waals surface area (Å²) in [5.41, 5.74) is 2.10. The minimum Gasteiger partial charge on any atom is -0.370 e. The molecule has 1 aromatic heterocycles. The van der Waals surface area contributed by atoms with Gasteiger partial charge in [-0.3, -0.25) is 4.79 Å². The van der Waals surface area contributed by atoms with E-state index < -0.39 is 0 Å². The van der Waals surface area contributed by atoms with Crippen LogP contribution in [0.2, 0.25) is 0 Å². The van der Waals surface area contributed by atoms with E-state index in [-0.39, 0.29) is 11.9 Å². The van der Waals surface area contributed by atoms with E-state index in [0.29, 0.717) is 6.54 Å². The highest BCUT2D eigenvalue weighted by Gasteiger charge is 2.10. The Labute approximate surface area is 151 Å². The first kappa shape index (κ1) is 17.2. The van der Waals surface area contributed by atoms with Gasteiger partial charge in [0.05, 0.1) is 10.2 Å². The zero-order valence-electron chi connectivity index (χ0n) is 14.3. The molecular weight excluding hydrogens is 330 g/mol. The van der Waals surface area contributed by atoms with Gasteiger partial charge in [-0.25, -0.2) is 4.98 Å². The molecule has 3 aromatic rings. The first-order valence-electron chi connectivity index (χ1n) is 8.23. The van der Waals surface area contributed by atoms with Gasteiger partial charge >= 0.3 is 0 Å². The molecule has 0 radical (unpaired) electrons. The van der Waals surface area contributed by atoms with E-state index in [1.165, 1.54) is 0 Å². The summed E-state index contributed by atoms with van der Waals surface area (Å²) in [6, 6.07) is 18.3. The second-order valence-electron chi connectivity index (χ2n) is 5.89. The summed E-state index contributed by atoms with van der Waals surface area (Å²) in [4.78, 5) is 18.7. The Morgan fingerprint density at radius 2 is 1.92 bits per heavy atom. The van der Waals surface area contributed by atoms with Crippen LogP contribution in [-0.2, 0) is 4.79 Å². The molecule has 5 heteroatoms. The Morgan fingerprint density at radius 3 is 2.68 bits per heavy atom. The van der Waals surface area contributed by atoms with E-state index in [1.807, 2.05) is 49.5 Å². The van der Waals surface area contributed by atoms with Crippen LogP contribution < -0.4 is 10.2 Å². The van der Waals surface area contributed by atoms with E-state index >= 15 is 0 Å². The Morgan fingerprint density at radius 1 is 1.20 bits per heavy atom. The van der Waals surface area contributed by atoms with E-state index in [0.717, 1.165) is 20.9 Å². The first-order chi connectivity index (χ1) is 12.1. The molecule has 0 spiro atoms. The van der Waals surface area contributed by atoms with Gasteiger partial charge in [0.25, 0.3) is 0 Å². The lowest BCUT2D eigenvalue weighted by Crippen LogP contribution is -2.39. The van der Waals surface area contributed by atoms with Crippen LogP contribution in [-0.4, -0.2) is 30.5 Å². The average molecular weight is 351 g/mol. The van der Waals surface area contributed by atoms with Crippen LogP contribution in [0.25, 0.3) is 16.3 Å². The number of carbonyl (C=O) groups excluding carboxylic acids is 1. The van der Waals surface area contributed by atoms with Crippen LogP contribution in [0.4, 0.5) is 5.69 Å². The Kier molecular flexibility index (Phi) is 5.46. The van der Waals surface area contributed by atoms with Crippen LogP contribution >= 0.6 is 11.3 Å². The third kappa shape index (κ3) is 4.45. The molecule has 0 aliphatic heterocycles. The number of anilines is 1. The highest BCUT2D eigenvalue weighted by molar-refractivity contribution is 7.19. The topological polar surface area (TPSA) is 45.2 Å². The number of nitrogens with one attached hydrogen (secondary N) is 1. The number of hydrogen-bond donors (Lipinski definition) is 1. The molecule has 1 heterocycles. The van der Waals surface area contributed by atoms with Gasteiger partial charge in [0, 0.05) is 31.4 Å². The fraction of sp³-hybridized carbons (Fsp3) is 0.200. The second kappa shape index (κ2) is 7.94. The summed E-state index contributed by atoms with van der Waals surface area (Å²) in [5, 5.41) is 3.79. The number of aromatic nitrogens is 1. The van der Waals surface area contributed by atoms with E-state index in [4.69, 9.17) is 0 Å². The number of nitrogens with zero attached hydrogens (tertiary/aromatic N) is 2. The van der Waals surface area contributed by atoms with Gasteiger partial charge in [-0.1, -0.05) is 30.3 Å². The monoisotopic (exact) mass is 351 g/mol. The molecule has 0 saturated carbocycles. The number of thiazole rings is 1. The van der Waals surface area contributed by atoms with Crippen molar-refractivity contribution in [3.8, 4) is 0 Å².